The van der Waals surface area contributed by atoms with Crippen molar-refractivity contribution in [2.45, 2.75) is 26.0 Å². The molecule has 0 saturated heterocycles. The molecule has 3 atom stereocenters. The third kappa shape index (κ3) is 5.18. The number of aliphatic hydroxyl groups is 1. The van der Waals surface area contributed by atoms with E-state index in [0.29, 0.717) is 11.1 Å². The summed E-state index contributed by atoms with van der Waals surface area (Å²) in [4.78, 5) is 41.9. The number of halogens is 1. The molecule has 188 valence electrons. The lowest BCUT2D eigenvalue weighted by molar-refractivity contribution is 0.0312. The molecule has 1 aromatic carbocycles. The molecule has 0 saturated carbocycles. The minimum absolute atomic E-state index is 0.0301. The van der Waals surface area contributed by atoms with E-state index in [0.717, 1.165) is 0 Å². The van der Waals surface area contributed by atoms with Crippen LogP contribution in [0, 0.1) is 11.7 Å². The molecular weight excluding hydrogens is 465 g/mol. The normalized spacial score (nSPS) is 18.5. The monoisotopic (exact) mass is 493 g/mol. The van der Waals surface area contributed by atoms with Crippen LogP contribution >= 0.6 is 0 Å². The van der Waals surface area contributed by atoms with Crippen molar-refractivity contribution in [2.75, 3.05) is 26.7 Å². The van der Waals surface area contributed by atoms with Crippen LogP contribution in [0.4, 0.5) is 4.39 Å². The molecule has 2 amide bonds. The summed E-state index contributed by atoms with van der Waals surface area (Å²) in [5.74, 6) is -1.50. The lowest BCUT2D eigenvalue weighted by Crippen LogP contribution is -2.50. The van der Waals surface area contributed by atoms with Gasteiger partial charge in [-0.2, -0.15) is 0 Å². The van der Waals surface area contributed by atoms with E-state index in [2.05, 4.69) is 15.0 Å². The molecule has 36 heavy (non-hydrogen) atoms. The minimum Gasteiger partial charge on any atom is -0.472 e. The molecule has 1 aliphatic heterocycles. The molecule has 1 aliphatic rings. The number of aliphatic hydroxyl groups excluding tert-OH is 1. The Morgan fingerprint density at radius 1 is 1.25 bits per heavy atom. The van der Waals surface area contributed by atoms with Crippen LogP contribution in [0.2, 0.25) is 0 Å². The van der Waals surface area contributed by atoms with E-state index in [1.165, 1.54) is 29.4 Å². The van der Waals surface area contributed by atoms with Gasteiger partial charge >= 0.3 is 0 Å². The van der Waals surface area contributed by atoms with Gasteiger partial charge in [0.05, 0.1) is 24.8 Å². The van der Waals surface area contributed by atoms with E-state index >= 15 is 0 Å². The first-order valence-electron chi connectivity index (χ1n) is 11.6. The molecule has 1 N–H and O–H groups in total. The van der Waals surface area contributed by atoms with Gasteiger partial charge in [0, 0.05) is 49.2 Å². The van der Waals surface area contributed by atoms with Crippen molar-refractivity contribution in [1.29, 1.82) is 0 Å². The van der Waals surface area contributed by atoms with Gasteiger partial charge in [-0.1, -0.05) is 19.1 Å². The molecule has 0 aliphatic carbocycles. The Kier molecular flexibility index (Phi) is 7.54. The first-order chi connectivity index (χ1) is 17.3. The number of pyridine rings is 1. The zero-order chi connectivity index (χ0) is 25.8. The summed E-state index contributed by atoms with van der Waals surface area (Å²) in [6.45, 7) is 3.87. The fourth-order valence-corrected chi connectivity index (χ4v) is 4.12. The summed E-state index contributed by atoms with van der Waals surface area (Å²) < 4.78 is 20.4. The van der Waals surface area contributed by atoms with Crippen LogP contribution in [0.5, 0.6) is 5.88 Å². The summed E-state index contributed by atoms with van der Waals surface area (Å²) in [7, 11) is 1.58. The number of hydrogen-bond donors (Lipinski definition) is 1. The maximum absolute atomic E-state index is 14.2. The second-order valence-electron chi connectivity index (χ2n) is 8.99. The molecule has 10 heteroatoms. The number of rotatable bonds is 6. The molecule has 0 spiro atoms. The number of fused-ring (bicyclic) bond motifs is 1. The molecule has 0 bridgehead atoms. The quantitative estimate of drug-likeness (QED) is 0.562. The van der Waals surface area contributed by atoms with Crippen molar-refractivity contribution >= 4 is 11.8 Å². The lowest BCUT2D eigenvalue weighted by Gasteiger charge is -2.37. The van der Waals surface area contributed by atoms with Gasteiger partial charge in [0.2, 0.25) is 5.88 Å². The topological polar surface area (TPSA) is 109 Å². The molecule has 3 aromatic rings. The van der Waals surface area contributed by atoms with Gasteiger partial charge in [0.15, 0.2) is 0 Å². The highest BCUT2D eigenvalue weighted by atomic mass is 19.1. The van der Waals surface area contributed by atoms with Crippen molar-refractivity contribution in [1.82, 2.24) is 24.8 Å². The maximum Gasteiger partial charge on any atom is 0.259 e. The van der Waals surface area contributed by atoms with Crippen LogP contribution in [-0.2, 0) is 0 Å². The van der Waals surface area contributed by atoms with Crippen molar-refractivity contribution in [2.24, 2.45) is 5.92 Å². The van der Waals surface area contributed by atoms with E-state index < -0.39 is 23.9 Å². The number of benzene rings is 1. The Labute approximate surface area is 208 Å². The largest absolute Gasteiger partial charge is 0.472 e. The molecule has 9 nitrogen and oxygen atoms in total. The van der Waals surface area contributed by atoms with Gasteiger partial charge in [0.1, 0.15) is 23.8 Å². The second kappa shape index (κ2) is 10.8. The Balaban J connectivity index is 1.68. The molecule has 4 rings (SSSR count). The Morgan fingerprint density at radius 3 is 2.67 bits per heavy atom. The van der Waals surface area contributed by atoms with E-state index in [1.54, 1.807) is 49.6 Å². The van der Waals surface area contributed by atoms with Crippen LogP contribution in [0.25, 0.3) is 11.1 Å². The summed E-state index contributed by atoms with van der Waals surface area (Å²) >= 11 is 0. The van der Waals surface area contributed by atoms with Crippen molar-refractivity contribution < 1.29 is 23.8 Å². The van der Waals surface area contributed by atoms with Gasteiger partial charge in [-0.05, 0) is 25.1 Å². The van der Waals surface area contributed by atoms with E-state index in [1.807, 2.05) is 6.92 Å². The van der Waals surface area contributed by atoms with Gasteiger partial charge < -0.3 is 19.6 Å². The number of amides is 2. The van der Waals surface area contributed by atoms with Gasteiger partial charge in [-0.15, -0.1) is 0 Å². The number of likely N-dealkylation sites (N-methyl/N-ethyl adjacent to an activating group) is 1. The molecule has 2 aromatic heterocycles. The highest BCUT2D eigenvalue weighted by Gasteiger charge is 2.35. The van der Waals surface area contributed by atoms with Gasteiger partial charge in [-0.25, -0.2) is 19.3 Å². The third-order valence-corrected chi connectivity index (χ3v) is 6.32. The SMILES string of the molecule is C[C@@H]1CN([C@H](C)CO)C(=O)c2cc(-c3cncnc3)cnc2O[C@H]1CN(C)C(=O)c1ccccc1F. The molecule has 0 radical (unpaired) electrons. The van der Waals surface area contributed by atoms with Crippen LogP contribution in [0.15, 0.2) is 55.2 Å². The molecule has 0 fully saturated rings. The molecule has 3 heterocycles. The van der Waals surface area contributed by atoms with Crippen LogP contribution in [0.1, 0.15) is 34.6 Å². The van der Waals surface area contributed by atoms with E-state index in [-0.39, 0.29) is 48.5 Å². The van der Waals surface area contributed by atoms with Crippen LogP contribution < -0.4 is 4.74 Å². The van der Waals surface area contributed by atoms with Gasteiger partial charge in [-0.3, -0.25) is 9.59 Å². The fourth-order valence-electron chi connectivity index (χ4n) is 4.12. The Hall–Kier alpha value is -3.92. The van der Waals surface area contributed by atoms with Crippen LogP contribution in [0.3, 0.4) is 0 Å². The zero-order valence-electron chi connectivity index (χ0n) is 20.3. The summed E-state index contributed by atoms with van der Waals surface area (Å²) in [6.07, 6.45) is 5.67. The Bertz CT molecular complexity index is 1240. The minimum atomic E-state index is -0.598. The highest BCUT2D eigenvalue weighted by Crippen LogP contribution is 2.30. The number of carbonyl (C=O) groups excluding carboxylic acids is 2. The van der Waals surface area contributed by atoms with Gasteiger partial charge in [0.25, 0.3) is 11.8 Å². The first kappa shape index (κ1) is 25.2. The predicted molar refractivity (Wildman–Crippen MR) is 130 cm³/mol. The van der Waals surface area contributed by atoms with Crippen LogP contribution in [-0.4, -0.2) is 80.6 Å². The number of nitrogens with zero attached hydrogens (tertiary/aromatic N) is 5. The van der Waals surface area contributed by atoms with Crippen molar-refractivity contribution in [3.8, 4) is 17.0 Å². The average molecular weight is 494 g/mol. The second-order valence-corrected chi connectivity index (χ2v) is 8.99. The van der Waals surface area contributed by atoms with E-state index in [9.17, 15) is 19.1 Å². The summed E-state index contributed by atoms with van der Waals surface area (Å²) in [5, 5.41) is 9.82. The number of hydrogen-bond acceptors (Lipinski definition) is 7. The Morgan fingerprint density at radius 2 is 1.97 bits per heavy atom. The van der Waals surface area contributed by atoms with E-state index in [4.69, 9.17) is 4.74 Å². The fraction of sp³-hybridized carbons (Fsp3) is 0.346. The maximum atomic E-state index is 14.2. The number of ether oxygens (including phenoxy) is 1. The number of aromatic nitrogens is 3. The third-order valence-electron chi connectivity index (χ3n) is 6.32. The summed E-state index contributed by atoms with van der Waals surface area (Å²) in [5.41, 5.74) is 1.53. The molecular formula is C26H28FN5O4. The lowest BCUT2D eigenvalue weighted by atomic mass is 9.99. The predicted octanol–water partition coefficient (Wildman–Crippen LogP) is 2.67. The first-order valence-corrected chi connectivity index (χ1v) is 11.6. The average Bonchev–Trinajstić information content (AvgIpc) is 2.90. The zero-order valence-corrected chi connectivity index (χ0v) is 20.3. The van der Waals surface area contributed by atoms with Crippen molar-refractivity contribution in [3.05, 3.63) is 72.2 Å². The number of carbonyl (C=O) groups is 2. The van der Waals surface area contributed by atoms with Crippen molar-refractivity contribution in [3.63, 3.8) is 0 Å². The smallest absolute Gasteiger partial charge is 0.259 e. The summed E-state index contributed by atoms with van der Waals surface area (Å²) in [6, 6.07) is 7.03. The standard InChI is InChI=1S/C26H28FN5O4/c1-16-12-32(17(2)14-33)26(35)21-8-18(19-9-28-15-29-10-19)11-30-24(21)36-23(16)13-31(3)25(34)20-6-4-5-7-22(20)27/h4-11,15-17,23,33H,12-14H2,1-3H3/t16-,17-,23+/m1/s1. The molecule has 0 unspecified atom stereocenters. The highest BCUT2D eigenvalue weighted by molar-refractivity contribution is 5.98.